The lowest BCUT2D eigenvalue weighted by atomic mass is 9.30. The molecule has 186 valence electrons. The van der Waals surface area contributed by atoms with Gasteiger partial charge >= 0.3 is 5.97 Å². The molecule has 0 aromatic rings. The van der Waals surface area contributed by atoms with Crippen LogP contribution in [0.4, 0.5) is 0 Å². The van der Waals surface area contributed by atoms with Crippen LogP contribution in [0.25, 0.3) is 0 Å². The summed E-state index contributed by atoms with van der Waals surface area (Å²) >= 11 is 0. The molecule has 0 amide bonds. The van der Waals surface area contributed by atoms with Gasteiger partial charge in [0.15, 0.2) is 0 Å². The summed E-state index contributed by atoms with van der Waals surface area (Å²) in [4.78, 5) is 13.7. The zero-order chi connectivity index (χ0) is 23.8. The van der Waals surface area contributed by atoms with E-state index in [2.05, 4.69) is 48.5 Å². The first kappa shape index (κ1) is 22.9. The maximum absolute atomic E-state index is 13.7. The Morgan fingerprint density at radius 3 is 2.27 bits per heavy atom. The van der Waals surface area contributed by atoms with Crippen molar-refractivity contribution in [3.8, 4) is 0 Å². The molecule has 1 aliphatic heterocycles. The second-order valence-corrected chi connectivity index (χ2v) is 15.1. The van der Waals surface area contributed by atoms with Gasteiger partial charge in [0, 0.05) is 5.92 Å². The van der Waals surface area contributed by atoms with Crippen LogP contribution in [0, 0.1) is 62.6 Å². The fraction of sp³-hybridized carbons (Fsp3) is 0.967. The van der Waals surface area contributed by atoms with Gasteiger partial charge in [-0.2, -0.15) is 0 Å². The van der Waals surface area contributed by atoms with Crippen molar-refractivity contribution >= 4 is 5.97 Å². The van der Waals surface area contributed by atoms with Gasteiger partial charge in [-0.05, 0) is 109 Å². The van der Waals surface area contributed by atoms with E-state index in [1.807, 2.05) is 0 Å². The van der Waals surface area contributed by atoms with Crippen LogP contribution < -0.4 is 0 Å². The summed E-state index contributed by atoms with van der Waals surface area (Å²) in [7, 11) is 0. The highest BCUT2D eigenvalue weighted by Crippen LogP contribution is 2.78. The summed E-state index contributed by atoms with van der Waals surface area (Å²) in [6.45, 7) is 17.3. The normalized spacial score (nSPS) is 61.3. The number of hydrogen-bond donors (Lipinski definition) is 1. The van der Waals surface area contributed by atoms with Gasteiger partial charge in [0.2, 0.25) is 0 Å². The minimum Gasteiger partial charge on any atom is -0.462 e. The van der Waals surface area contributed by atoms with Crippen LogP contribution >= 0.6 is 0 Å². The third-order valence-corrected chi connectivity index (χ3v) is 14.2. The fourth-order valence-electron chi connectivity index (χ4n) is 11.9. The molecule has 33 heavy (non-hydrogen) atoms. The third kappa shape index (κ3) is 2.45. The molecule has 0 aromatic carbocycles. The molecular weight excluding hydrogens is 408 g/mol. The van der Waals surface area contributed by atoms with Crippen LogP contribution in [-0.4, -0.2) is 23.3 Å². The second-order valence-electron chi connectivity index (χ2n) is 15.1. The van der Waals surface area contributed by atoms with E-state index < -0.39 is 0 Å². The maximum Gasteiger partial charge on any atom is 0.312 e. The number of carbonyl (C=O) groups is 1. The molecule has 1 N–H and O–H groups in total. The van der Waals surface area contributed by atoms with Crippen molar-refractivity contribution in [2.45, 2.75) is 118 Å². The number of rotatable bonds is 0. The number of hydrogen-bond acceptors (Lipinski definition) is 3. The van der Waals surface area contributed by atoms with Crippen molar-refractivity contribution in [2.75, 3.05) is 0 Å². The number of fused-ring (bicyclic) bond motifs is 4. The number of aliphatic hydroxyl groups excluding tert-OH is 1. The molecule has 0 radical (unpaired) electrons. The fourth-order valence-corrected chi connectivity index (χ4v) is 11.9. The van der Waals surface area contributed by atoms with E-state index >= 15 is 0 Å². The van der Waals surface area contributed by atoms with Crippen molar-refractivity contribution in [1.82, 2.24) is 0 Å². The van der Waals surface area contributed by atoms with Crippen LogP contribution in [0.1, 0.15) is 106 Å². The molecule has 1 heterocycles. The summed E-state index contributed by atoms with van der Waals surface area (Å²) in [6.07, 6.45) is 9.95. The van der Waals surface area contributed by atoms with Gasteiger partial charge in [0.05, 0.1) is 11.5 Å². The first-order chi connectivity index (χ1) is 15.3. The summed E-state index contributed by atoms with van der Waals surface area (Å²) in [5, 5.41) is 10.9. The average Bonchev–Trinajstić information content (AvgIpc) is 2.75. The zero-order valence-corrected chi connectivity index (χ0v) is 22.2. The summed E-state index contributed by atoms with van der Waals surface area (Å²) in [5.74, 6) is 3.60. The highest BCUT2D eigenvalue weighted by atomic mass is 16.5. The van der Waals surface area contributed by atoms with Crippen molar-refractivity contribution < 1.29 is 14.6 Å². The van der Waals surface area contributed by atoms with Gasteiger partial charge in [-0.1, -0.05) is 48.5 Å². The van der Waals surface area contributed by atoms with Crippen molar-refractivity contribution in [3.05, 3.63) is 0 Å². The minimum atomic E-state index is -0.201. The molecule has 6 fully saturated rings. The van der Waals surface area contributed by atoms with Gasteiger partial charge in [-0.15, -0.1) is 0 Å². The minimum absolute atomic E-state index is 0.0373. The Labute approximate surface area is 201 Å². The monoisotopic (exact) mass is 456 g/mol. The largest absolute Gasteiger partial charge is 0.462 e. The lowest BCUT2D eigenvalue weighted by molar-refractivity contribution is -0.305. The van der Waals surface area contributed by atoms with Crippen molar-refractivity contribution in [3.63, 3.8) is 0 Å². The molecule has 0 aromatic heterocycles. The zero-order valence-electron chi connectivity index (χ0n) is 22.2. The Morgan fingerprint density at radius 2 is 1.55 bits per heavy atom. The van der Waals surface area contributed by atoms with E-state index in [0.29, 0.717) is 35.5 Å². The van der Waals surface area contributed by atoms with Crippen molar-refractivity contribution in [2.24, 2.45) is 62.6 Å². The first-order valence-corrected chi connectivity index (χ1v) is 14.2. The molecule has 0 spiro atoms. The standard InChI is InChI=1S/C30H48O3/c1-17-8-13-30-15-14-29(7)24(23(30)18(17)2)19(33-25(30)32)16-21-27(5)11-10-22(31)26(3,4)20(27)9-12-28(21,29)6/h17-24,31H,8-16H2,1-7H3. The Bertz CT molecular complexity index is 865. The molecule has 1 saturated heterocycles. The Morgan fingerprint density at radius 1 is 0.818 bits per heavy atom. The Hall–Kier alpha value is -0.570. The van der Waals surface area contributed by atoms with Gasteiger partial charge < -0.3 is 9.84 Å². The van der Waals surface area contributed by atoms with Gasteiger partial charge in [0.25, 0.3) is 0 Å². The predicted octanol–water partition coefficient (Wildman–Crippen LogP) is 6.62. The molecule has 3 nitrogen and oxygen atoms in total. The molecule has 6 aliphatic rings. The quantitative estimate of drug-likeness (QED) is 0.417. The van der Waals surface area contributed by atoms with Crippen LogP contribution in [0.5, 0.6) is 0 Å². The van der Waals surface area contributed by atoms with E-state index in [4.69, 9.17) is 4.74 Å². The molecule has 12 atom stereocenters. The molecule has 2 bridgehead atoms. The highest BCUT2D eigenvalue weighted by Gasteiger charge is 2.75. The summed E-state index contributed by atoms with van der Waals surface area (Å²) < 4.78 is 6.54. The van der Waals surface area contributed by atoms with Crippen LogP contribution in [0.15, 0.2) is 0 Å². The van der Waals surface area contributed by atoms with E-state index in [0.717, 1.165) is 32.1 Å². The second kappa shape index (κ2) is 6.60. The SMILES string of the molecule is CC1CCC23CCC4(C)C(C(CC5C6(C)CCC(O)C(C)(C)C6CCC54C)OC2=O)C3C1C. The Balaban J connectivity index is 1.47. The van der Waals surface area contributed by atoms with Gasteiger partial charge in [-0.3, -0.25) is 4.79 Å². The average molecular weight is 457 g/mol. The van der Waals surface area contributed by atoms with E-state index in [1.54, 1.807) is 0 Å². The molecular formula is C30H48O3. The van der Waals surface area contributed by atoms with Crippen LogP contribution in [-0.2, 0) is 9.53 Å². The molecule has 12 unspecified atom stereocenters. The van der Waals surface area contributed by atoms with Crippen LogP contribution in [0.2, 0.25) is 0 Å². The molecule has 6 rings (SSSR count). The third-order valence-electron chi connectivity index (χ3n) is 14.2. The van der Waals surface area contributed by atoms with Crippen LogP contribution in [0.3, 0.4) is 0 Å². The van der Waals surface area contributed by atoms with Gasteiger partial charge in [0.1, 0.15) is 6.10 Å². The molecule has 3 heteroatoms. The van der Waals surface area contributed by atoms with E-state index in [-0.39, 0.29) is 45.3 Å². The van der Waals surface area contributed by atoms with Gasteiger partial charge in [-0.25, -0.2) is 0 Å². The molecule has 5 saturated carbocycles. The lowest BCUT2D eigenvalue weighted by Crippen LogP contribution is -2.73. The number of aliphatic hydroxyl groups is 1. The van der Waals surface area contributed by atoms with E-state index in [1.165, 1.54) is 25.7 Å². The number of carbonyl (C=O) groups excluding carboxylic acids is 1. The predicted molar refractivity (Wildman–Crippen MR) is 130 cm³/mol. The topological polar surface area (TPSA) is 46.5 Å². The molecule has 5 aliphatic carbocycles. The number of esters is 1. The van der Waals surface area contributed by atoms with Crippen molar-refractivity contribution in [1.29, 1.82) is 0 Å². The summed E-state index contributed by atoms with van der Waals surface area (Å²) in [5.41, 5.74) is 0.495. The lowest BCUT2D eigenvalue weighted by Gasteiger charge is -2.76. The Kier molecular flexibility index (Phi) is 4.57. The highest BCUT2D eigenvalue weighted by molar-refractivity contribution is 5.79. The summed E-state index contributed by atoms with van der Waals surface area (Å²) in [6, 6.07) is 0. The smallest absolute Gasteiger partial charge is 0.312 e. The first-order valence-electron chi connectivity index (χ1n) is 14.2. The van der Waals surface area contributed by atoms with E-state index in [9.17, 15) is 9.90 Å². The number of ether oxygens (including phenoxy) is 1. The maximum atomic E-state index is 13.7.